The lowest BCUT2D eigenvalue weighted by Crippen LogP contribution is -2.37. The van der Waals surface area contributed by atoms with Crippen LogP contribution in [0.2, 0.25) is 0 Å². The SMILES string of the molecule is COc1ccc(C(=O)NCCN2C(=O)S/C(=C\c3ccccc3F)C2=O)cc1. The molecule has 6 nitrogen and oxygen atoms in total. The molecular weight excluding hydrogens is 383 g/mol. The summed E-state index contributed by atoms with van der Waals surface area (Å²) >= 11 is 0.750. The Hall–Kier alpha value is -3.13. The Morgan fingerprint density at radius 1 is 1.18 bits per heavy atom. The van der Waals surface area contributed by atoms with E-state index in [-0.39, 0.29) is 29.5 Å². The summed E-state index contributed by atoms with van der Waals surface area (Å²) in [4.78, 5) is 37.8. The van der Waals surface area contributed by atoms with Crippen molar-refractivity contribution in [2.24, 2.45) is 0 Å². The molecule has 3 rings (SSSR count). The number of carbonyl (C=O) groups is 3. The number of methoxy groups -OCH3 is 1. The molecule has 0 bridgehead atoms. The third-order valence-electron chi connectivity index (χ3n) is 4.04. The van der Waals surface area contributed by atoms with Gasteiger partial charge in [-0.3, -0.25) is 19.3 Å². The van der Waals surface area contributed by atoms with E-state index < -0.39 is 17.0 Å². The first kappa shape index (κ1) is 19.6. The standard InChI is InChI=1S/C20H17FN2O4S/c1-27-15-8-6-13(7-9-15)18(24)22-10-11-23-19(25)17(28-20(23)26)12-14-4-2-3-5-16(14)21/h2-9,12H,10-11H2,1H3,(H,22,24)/b17-12-. The largest absolute Gasteiger partial charge is 0.497 e. The van der Waals surface area contributed by atoms with Crippen LogP contribution in [0.4, 0.5) is 9.18 Å². The lowest BCUT2D eigenvalue weighted by molar-refractivity contribution is -0.122. The molecule has 0 saturated carbocycles. The van der Waals surface area contributed by atoms with Crippen LogP contribution in [0.15, 0.2) is 53.4 Å². The number of benzene rings is 2. The predicted molar refractivity (Wildman–Crippen MR) is 104 cm³/mol. The lowest BCUT2D eigenvalue weighted by atomic mass is 10.2. The fraction of sp³-hybridized carbons (Fsp3) is 0.150. The van der Waals surface area contributed by atoms with Crippen LogP contribution in [0.5, 0.6) is 5.75 Å². The number of ether oxygens (including phenoxy) is 1. The molecule has 1 fully saturated rings. The van der Waals surface area contributed by atoms with Crippen molar-refractivity contribution in [3.05, 3.63) is 70.4 Å². The van der Waals surface area contributed by atoms with Crippen molar-refractivity contribution >= 4 is 34.9 Å². The molecule has 8 heteroatoms. The van der Waals surface area contributed by atoms with Gasteiger partial charge in [-0.05, 0) is 48.2 Å². The van der Waals surface area contributed by atoms with Crippen molar-refractivity contribution in [3.8, 4) is 5.75 Å². The van der Waals surface area contributed by atoms with Gasteiger partial charge in [-0.15, -0.1) is 0 Å². The third-order valence-corrected chi connectivity index (χ3v) is 4.95. The second-order valence-electron chi connectivity index (χ2n) is 5.84. The highest BCUT2D eigenvalue weighted by molar-refractivity contribution is 8.18. The molecule has 1 saturated heterocycles. The first-order valence-corrected chi connectivity index (χ1v) is 9.23. The average molecular weight is 400 g/mol. The fourth-order valence-electron chi connectivity index (χ4n) is 2.55. The fourth-order valence-corrected chi connectivity index (χ4v) is 3.41. The number of imide groups is 1. The summed E-state index contributed by atoms with van der Waals surface area (Å²) in [6, 6.07) is 12.6. The summed E-state index contributed by atoms with van der Waals surface area (Å²) in [7, 11) is 1.53. The molecule has 1 heterocycles. The van der Waals surface area contributed by atoms with Crippen molar-refractivity contribution in [2.45, 2.75) is 0 Å². The van der Waals surface area contributed by atoms with E-state index in [0.717, 1.165) is 16.7 Å². The molecule has 2 aromatic carbocycles. The molecule has 0 atom stereocenters. The van der Waals surface area contributed by atoms with Crippen molar-refractivity contribution in [3.63, 3.8) is 0 Å². The summed E-state index contributed by atoms with van der Waals surface area (Å²) in [5, 5.41) is 2.21. The minimum Gasteiger partial charge on any atom is -0.497 e. The van der Waals surface area contributed by atoms with E-state index in [1.54, 1.807) is 36.4 Å². The number of hydrogen-bond acceptors (Lipinski definition) is 5. The van der Waals surface area contributed by atoms with Gasteiger partial charge in [0.2, 0.25) is 0 Å². The first-order chi connectivity index (χ1) is 13.5. The highest BCUT2D eigenvalue weighted by Crippen LogP contribution is 2.32. The summed E-state index contributed by atoms with van der Waals surface area (Å²) in [5.74, 6) is -0.662. The van der Waals surface area contributed by atoms with Gasteiger partial charge in [0, 0.05) is 24.2 Å². The van der Waals surface area contributed by atoms with E-state index in [1.165, 1.54) is 25.3 Å². The molecule has 1 aliphatic heterocycles. The molecule has 1 N–H and O–H groups in total. The number of halogens is 1. The highest BCUT2D eigenvalue weighted by atomic mass is 32.2. The van der Waals surface area contributed by atoms with Crippen LogP contribution in [-0.4, -0.2) is 42.2 Å². The average Bonchev–Trinajstić information content (AvgIpc) is 2.97. The molecule has 2 aromatic rings. The van der Waals surface area contributed by atoms with Gasteiger partial charge in [0.1, 0.15) is 11.6 Å². The van der Waals surface area contributed by atoms with E-state index in [0.29, 0.717) is 11.3 Å². The molecule has 0 aliphatic carbocycles. The van der Waals surface area contributed by atoms with Crippen LogP contribution in [0, 0.1) is 5.82 Å². The van der Waals surface area contributed by atoms with Crippen molar-refractivity contribution in [1.82, 2.24) is 10.2 Å². The molecule has 28 heavy (non-hydrogen) atoms. The maximum atomic E-state index is 13.7. The van der Waals surface area contributed by atoms with Crippen molar-refractivity contribution in [2.75, 3.05) is 20.2 Å². The highest BCUT2D eigenvalue weighted by Gasteiger charge is 2.34. The number of hydrogen-bond donors (Lipinski definition) is 1. The van der Waals surface area contributed by atoms with E-state index in [1.807, 2.05) is 0 Å². The predicted octanol–water partition coefficient (Wildman–Crippen LogP) is 3.30. The smallest absolute Gasteiger partial charge is 0.293 e. The second-order valence-corrected chi connectivity index (χ2v) is 6.83. The van der Waals surface area contributed by atoms with E-state index in [9.17, 15) is 18.8 Å². The molecular formula is C20H17FN2O4S. The zero-order valence-electron chi connectivity index (χ0n) is 15.0. The Kier molecular flexibility index (Phi) is 6.10. The van der Waals surface area contributed by atoms with E-state index in [2.05, 4.69) is 5.32 Å². The number of rotatable bonds is 6. The Labute approximate surface area is 165 Å². The van der Waals surface area contributed by atoms with Gasteiger partial charge in [-0.1, -0.05) is 18.2 Å². The van der Waals surface area contributed by atoms with Crippen LogP contribution in [0.3, 0.4) is 0 Å². The number of nitrogens with one attached hydrogen (secondary N) is 1. The van der Waals surface area contributed by atoms with Crippen LogP contribution in [0.25, 0.3) is 6.08 Å². The van der Waals surface area contributed by atoms with Crippen LogP contribution in [0.1, 0.15) is 15.9 Å². The van der Waals surface area contributed by atoms with Gasteiger partial charge in [0.05, 0.1) is 12.0 Å². The van der Waals surface area contributed by atoms with Crippen LogP contribution >= 0.6 is 11.8 Å². The first-order valence-electron chi connectivity index (χ1n) is 8.42. The zero-order valence-corrected chi connectivity index (χ0v) is 15.8. The Balaban J connectivity index is 1.58. The van der Waals surface area contributed by atoms with Crippen LogP contribution in [-0.2, 0) is 4.79 Å². The topological polar surface area (TPSA) is 75.7 Å². The molecule has 1 aliphatic rings. The number of nitrogens with zero attached hydrogens (tertiary/aromatic N) is 1. The van der Waals surface area contributed by atoms with Gasteiger partial charge in [-0.25, -0.2) is 4.39 Å². The maximum Gasteiger partial charge on any atom is 0.293 e. The summed E-state index contributed by atoms with van der Waals surface area (Å²) in [6.07, 6.45) is 1.36. The summed E-state index contributed by atoms with van der Waals surface area (Å²) < 4.78 is 18.8. The molecule has 0 spiro atoms. The summed E-state index contributed by atoms with van der Waals surface area (Å²) in [5.41, 5.74) is 0.676. The minimum absolute atomic E-state index is 0.0289. The van der Waals surface area contributed by atoms with Gasteiger partial charge in [0.25, 0.3) is 17.1 Å². The van der Waals surface area contributed by atoms with Gasteiger partial charge in [-0.2, -0.15) is 0 Å². The lowest BCUT2D eigenvalue weighted by Gasteiger charge is -2.13. The Morgan fingerprint density at radius 3 is 2.57 bits per heavy atom. The zero-order chi connectivity index (χ0) is 20.1. The molecule has 0 radical (unpaired) electrons. The molecule has 3 amide bonds. The quantitative estimate of drug-likeness (QED) is 0.753. The second kappa shape index (κ2) is 8.71. The molecule has 0 aromatic heterocycles. The van der Waals surface area contributed by atoms with Crippen LogP contribution < -0.4 is 10.1 Å². The Morgan fingerprint density at radius 2 is 1.89 bits per heavy atom. The minimum atomic E-state index is -0.503. The number of thioether (sulfide) groups is 1. The van der Waals surface area contributed by atoms with Gasteiger partial charge >= 0.3 is 0 Å². The molecule has 144 valence electrons. The summed E-state index contributed by atoms with van der Waals surface area (Å²) in [6.45, 7) is 0.136. The van der Waals surface area contributed by atoms with E-state index >= 15 is 0 Å². The monoisotopic (exact) mass is 400 g/mol. The number of carbonyl (C=O) groups excluding carboxylic acids is 3. The van der Waals surface area contributed by atoms with E-state index in [4.69, 9.17) is 4.74 Å². The normalized spacial score (nSPS) is 15.2. The van der Waals surface area contributed by atoms with Crippen molar-refractivity contribution < 1.29 is 23.5 Å². The maximum absolute atomic E-state index is 13.7. The van der Waals surface area contributed by atoms with Gasteiger partial charge < -0.3 is 10.1 Å². The number of amides is 3. The Bertz CT molecular complexity index is 943. The third kappa shape index (κ3) is 4.40. The van der Waals surface area contributed by atoms with Gasteiger partial charge in [0.15, 0.2) is 0 Å². The molecule has 0 unspecified atom stereocenters. The van der Waals surface area contributed by atoms with Crippen molar-refractivity contribution in [1.29, 1.82) is 0 Å².